The number of rotatable bonds is 3. The van der Waals surface area contributed by atoms with E-state index in [0.717, 1.165) is 25.1 Å². The van der Waals surface area contributed by atoms with E-state index in [9.17, 15) is 17.6 Å². The van der Waals surface area contributed by atoms with Gasteiger partial charge in [-0.25, -0.2) is 12.8 Å². The molecule has 88 valence electrons. The van der Waals surface area contributed by atoms with E-state index in [-0.39, 0.29) is 9.92 Å². The molecule has 1 aromatic carbocycles. The molecule has 1 atom stereocenters. The van der Waals surface area contributed by atoms with Crippen LogP contribution in [-0.2, 0) is 14.6 Å². The van der Waals surface area contributed by atoms with Gasteiger partial charge in [-0.3, -0.25) is 4.79 Å². The molecule has 0 unspecified atom stereocenters. The molecule has 0 heterocycles. The van der Waals surface area contributed by atoms with Crippen LogP contribution < -0.4 is 5.73 Å². The van der Waals surface area contributed by atoms with Gasteiger partial charge in [-0.05, 0) is 25.1 Å². The number of halogens is 2. The number of sulfone groups is 1. The summed E-state index contributed by atoms with van der Waals surface area (Å²) in [6.45, 7) is 1.16. The summed E-state index contributed by atoms with van der Waals surface area (Å²) in [6, 6.07) is 2.91. The van der Waals surface area contributed by atoms with E-state index in [0.29, 0.717) is 0 Å². The van der Waals surface area contributed by atoms with Gasteiger partial charge in [0.25, 0.3) is 0 Å². The molecule has 0 saturated heterocycles. The molecule has 16 heavy (non-hydrogen) atoms. The predicted octanol–water partition coefficient (Wildman–Crippen LogP) is 1.13. The quantitative estimate of drug-likeness (QED) is 0.832. The van der Waals surface area contributed by atoms with Crippen LogP contribution in [0.5, 0.6) is 0 Å². The van der Waals surface area contributed by atoms with Crippen LogP contribution in [-0.4, -0.2) is 19.6 Å². The highest BCUT2D eigenvalue weighted by atomic mass is 35.5. The molecule has 2 N–H and O–H groups in total. The number of hydrogen-bond acceptors (Lipinski definition) is 3. The molecule has 0 spiro atoms. The summed E-state index contributed by atoms with van der Waals surface area (Å²) in [4.78, 5) is 10.6. The van der Waals surface area contributed by atoms with Crippen LogP contribution >= 0.6 is 11.6 Å². The van der Waals surface area contributed by atoms with Crippen molar-refractivity contribution < 1.29 is 17.6 Å². The second-order valence-corrected chi connectivity index (χ2v) is 5.84. The summed E-state index contributed by atoms with van der Waals surface area (Å²) in [6.07, 6.45) is 0. The van der Waals surface area contributed by atoms with Crippen LogP contribution in [0.15, 0.2) is 23.1 Å². The lowest BCUT2D eigenvalue weighted by atomic mass is 10.3. The van der Waals surface area contributed by atoms with E-state index in [1.807, 2.05) is 0 Å². The van der Waals surface area contributed by atoms with Crippen molar-refractivity contribution in [2.75, 3.05) is 0 Å². The third-order valence-electron chi connectivity index (χ3n) is 2.09. The molecule has 1 aromatic rings. The zero-order chi connectivity index (χ0) is 12.5. The van der Waals surface area contributed by atoms with Gasteiger partial charge in [-0.2, -0.15) is 0 Å². The number of carbonyl (C=O) groups is 1. The van der Waals surface area contributed by atoms with Gasteiger partial charge in [0.2, 0.25) is 5.91 Å². The molecule has 0 saturated carbocycles. The van der Waals surface area contributed by atoms with Crippen molar-refractivity contribution in [2.45, 2.75) is 17.1 Å². The Labute approximate surface area is 97.1 Å². The minimum Gasteiger partial charge on any atom is -0.369 e. The summed E-state index contributed by atoms with van der Waals surface area (Å²) in [5, 5.41) is -1.70. The lowest BCUT2D eigenvalue weighted by Crippen LogP contribution is -2.33. The highest BCUT2D eigenvalue weighted by Gasteiger charge is 2.28. The first-order valence-corrected chi connectivity index (χ1v) is 6.17. The average molecular weight is 266 g/mol. The number of hydrogen-bond donors (Lipinski definition) is 1. The van der Waals surface area contributed by atoms with E-state index in [2.05, 4.69) is 0 Å². The van der Waals surface area contributed by atoms with Crippen molar-refractivity contribution in [2.24, 2.45) is 5.73 Å². The van der Waals surface area contributed by atoms with Crippen LogP contribution in [0.2, 0.25) is 5.02 Å². The number of amides is 1. The van der Waals surface area contributed by atoms with Crippen LogP contribution in [0.25, 0.3) is 0 Å². The summed E-state index contributed by atoms with van der Waals surface area (Å²) < 4.78 is 36.3. The minimum absolute atomic E-state index is 0.231. The fourth-order valence-electron chi connectivity index (χ4n) is 1.01. The predicted molar refractivity (Wildman–Crippen MR) is 57.3 cm³/mol. The number of nitrogens with two attached hydrogens (primary N) is 1. The lowest BCUT2D eigenvalue weighted by Gasteiger charge is -2.09. The Balaban J connectivity index is 3.28. The van der Waals surface area contributed by atoms with Crippen molar-refractivity contribution in [3.63, 3.8) is 0 Å². The Morgan fingerprint density at radius 1 is 1.50 bits per heavy atom. The van der Waals surface area contributed by atoms with E-state index < -0.39 is 26.8 Å². The van der Waals surface area contributed by atoms with Gasteiger partial charge in [0, 0.05) is 0 Å². The Kier molecular flexibility index (Phi) is 3.54. The first-order chi connectivity index (χ1) is 7.26. The zero-order valence-corrected chi connectivity index (χ0v) is 9.85. The summed E-state index contributed by atoms with van der Waals surface area (Å²) >= 11 is 5.45. The van der Waals surface area contributed by atoms with Gasteiger partial charge in [-0.1, -0.05) is 11.6 Å². The Morgan fingerprint density at radius 2 is 2.06 bits per heavy atom. The maximum atomic E-state index is 12.8. The average Bonchev–Trinajstić information content (AvgIpc) is 2.20. The van der Waals surface area contributed by atoms with Gasteiger partial charge in [0.15, 0.2) is 9.84 Å². The third-order valence-corrected chi connectivity index (χ3v) is 4.45. The highest BCUT2D eigenvalue weighted by molar-refractivity contribution is 7.92. The molecule has 0 aliphatic heterocycles. The van der Waals surface area contributed by atoms with Crippen molar-refractivity contribution in [3.05, 3.63) is 29.0 Å². The molecule has 1 rings (SSSR count). The van der Waals surface area contributed by atoms with Crippen LogP contribution in [0, 0.1) is 5.82 Å². The van der Waals surface area contributed by atoms with Crippen LogP contribution in [0.3, 0.4) is 0 Å². The second-order valence-electron chi connectivity index (χ2n) is 3.17. The van der Waals surface area contributed by atoms with Crippen LogP contribution in [0.1, 0.15) is 6.92 Å². The van der Waals surface area contributed by atoms with E-state index in [4.69, 9.17) is 17.3 Å². The summed E-state index contributed by atoms with van der Waals surface area (Å²) in [5.74, 6) is -1.70. The molecular weight excluding hydrogens is 257 g/mol. The molecule has 0 aromatic heterocycles. The third kappa shape index (κ3) is 2.33. The molecule has 0 aliphatic rings. The van der Waals surface area contributed by atoms with Gasteiger partial charge in [-0.15, -0.1) is 0 Å². The molecule has 0 bridgehead atoms. The molecule has 0 fully saturated rings. The standard InChI is InChI=1S/C9H9ClFNO3S/c1-5(9(12)13)16(14,15)6-2-3-8(11)7(10)4-6/h2-5H,1H3,(H2,12,13)/t5-/m0/s1. The van der Waals surface area contributed by atoms with Crippen molar-refractivity contribution in [1.82, 2.24) is 0 Å². The lowest BCUT2D eigenvalue weighted by molar-refractivity contribution is -0.117. The van der Waals surface area contributed by atoms with E-state index in [1.54, 1.807) is 0 Å². The van der Waals surface area contributed by atoms with E-state index >= 15 is 0 Å². The minimum atomic E-state index is -3.90. The molecular formula is C9H9ClFNO3S. The summed E-state index contributed by atoms with van der Waals surface area (Å²) in [5.41, 5.74) is 4.90. The zero-order valence-electron chi connectivity index (χ0n) is 8.28. The maximum Gasteiger partial charge on any atom is 0.235 e. The number of carbonyl (C=O) groups excluding carboxylic acids is 1. The number of benzene rings is 1. The van der Waals surface area contributed by atoms with Crippen molar-refractivity contribution in [3.8, 4) is 0 Å². The second kappa shape index (κ2) is 4.39. The monoisotopic (exact) mass is 265 g/mol. The topological polar surface area (TPSA) is 77.2 Å². The van der Waals surface area contributed by atoms with Crippen molar-refractivity contribution in [1.29, 1.82) is 0 Å². The Morgan fingerprint density at radius 3 is 2.50 bits per heavy atom. The normalized spacial score (nSPS) is 13.4. The van der Waals surface area contributed by atoms with Crippen molar-refractivity contribution >= 4 is 27.3 Å². The van der Waals surface area contributed by atoms with Crippen LogP contribution in [0.4, 0.5) is 4.39 Å². The summed E-state index contributed by atoms with van der Waals surface area (Å²) in [7, 11) is -3.90. The largest absolute Gasteiger partial charge is 0.369 e. The first kappa shape index (κ1) is 12.9. The smallest absolute Gasteiger partial charge is 0.235 e. The van der Waals surface area contributed by atoms with E-state index in [1.165, 1.54) is 0 Å². The Hall–Kier alpha value is -1.14. The fraction of sp³-hybridized carbons (Fsp3) is 0.222. The Bertz CT molecular complexity index is 530. The molecule has 0 aliphatic carbocycles. The first-order valence-electron chi connectivity index (χ1n) is 4.25. The van der Waals surface area contributed by atoms with Gasteiger partial charge in [0.05, 0.1) is 9.92 Å². The molecule has 7 heteroatoms. The molecule has 1 amide bonds. The highest BCUT2D eigenvalue weighted by Crippen LogP contribution is 2.22. The molecule has 4 nitrogen and oxygen atoms in total. The van der Waals surface area contributed by atoms with Gasteiger partial charge < -0.3 is 5.73 Å². The fourth-order valence-corrected chi connectivity index (χ4v) is 2.51. The maximum absolute atomic E-state index is 12.8. The van der Waals surface area contributed by atoms with Gasteiger partial charge in [0.1, 0.15) is 11.1 Å². The number of primary amides is 1. The van der Waals surface area contributed by atoms with Gasteiger partial charge >= 0.3 is 0 Å². The SMILES string of the molecule is C[C@@H](C(N)=O)S(=O)(=O)c1ccc(F)c(Cl)c1. The molecule has 0 radical (unpaired) electrons.